The molecule has 0 spiro atoms. The number of carbonyl (C=O) groups is 2. The highest BCUT2D eigenvalue weighted by Gasteiger charge is 2.45. The molecule has 0 aliphatic heterocycles. The Morgan fingerprint density at radius 2 is 1.58 bits per heavy atom. The molecule has 0 radical (unpaired) electrons. The van der Waals surface area contributed by atoms with E-state index in [-0.39, 0.29) is 24.3 Å². The predicted molar refractivity (Wildman–Crippen MR) is 125 cm³/mol. The number of nitrogens with one attached hydrogen (secondary N) is 1. The molecule has 200 valence electrons. The van der Waals surface area contributed by atoms with Gasteiger partial charge in [0.05, 0.1) is 34.9 Å². The van der Waals surface area contributed by atoms with E-state index in [0.717, 1.165) is 29.8 Å². The largest absolute Gasteiger partial charge is 0.493 e. The number of aliphatic carboxylic acids is 1. The maximum absolute atomic E-state index is 13.8. The summed E-state index contributed by atoms with van der Waals surface area (Å²) in [5.41, 5.74) is -3.14. The van der Waals surface area contributed by atoms with Crippen LogP contribution in [0.1, 0.15) is 45.0 Å². The molecule has 1 aliphatic rings. The van der Waals surface area contributed by atoms with Gasteiger partial charge in [-0.05, 0) is 53.8 Å². The van der Waals surface area contributed by atoms with Gasteiger partial charge in [0.2, 0.25) is 0 Å². The summed E-state index contributed by atoms with van der Waals surface area (Å²) < 4.78 is 87.6. The third-order valence-corrected chi connectivity index (χ3v) is 6.18. The predicted octanol–water partition coefficient (Wildman–Crippen LogP) is 6.79. The smallest absolute Gasteiger partial charge is 0.418 e. The molecule has 0 bridgehead atoms. The zero-order chi connectivity index (χ0) is 27.7. The standard InChI is InChI=1S/C27H21F6NO4/c28-26(29,30)21-9-6-16(19-14-20(19)25(36)37)12-23(21)34-24(35)18-8-7-17(13-22(18)27(31,32)33)38-11-10-15-4-2-1-3-5-15/h1-9,12-13,19-20H,10-11,14H2,(H,34,35)(H,36,37)/t19-,20-/m1/s1. The monoisotopic (exact) mass is 537 g/mol. The Kier molecular flexibility index (Phi) is 7.39. The Hall–Kier alpha value is -4.02. The van der Waals surface area contributed by atoms with Crippen molar-refractivity contribution in [3.8, 4) is 5.75 Å². The molecule has 2 atom stereocenters. The van der Waals surface area contributed by atoms with Gasteiger partial charge in [-0.2, -0.15) is 26.3 Å². The molecular weight excluding hydrogens is 516 g/mol. The number of carboxylic acids is 1. The van der Waals surface area contributed by atoms with Crippen molar-refractivity contribution in [3.05, 3.63) is 94.5 Å². The minimum absolute atomic E-state index is 0.0626. The Labute approximate surface area is 213 Å². The summed E-state index contributed by atoms with van der Waals surface area (Å²) in [7, 11) is 0. The van der Waals surface area contributed by atoms with E-state index in [1.165, 1.54) is 0 Å². The SMILES string of the molecule is O=C(Nc1cc([C@H]2C[C@H]2C(=O)O)ccc1C(F)(F)F)c1ccc(OCCc2ccccc2)cc1C(F)(F)F. The van der Waals surface area contributed by atoms with E-state index in [4.69, 9.17) is 9.84 Å². The van der Waals surface area contributed by atoms with Crippen molar-refractivity contribution in [1.82, 2.24) is 0 Å². The molecule has 1 aliphatic carbocycles. The lowest BCUT2D eigenvalue weighted by Gasteiger charge is -2.18. The van der Waals surface area contributed by atoms with Gasteiger partial charge < -0.3 is 15.2 Å². The zero-order valence-electron chi connectivity index (χ0n) is 19.6. The van der Waals surface area contributed by atoms with Crippen molar-refractivity contribution in [3.63, 3.8) is 0 Å². The highest BCUT2D eigenvalue weighted by molar-refractivity contribution is 6.06. The van der Waals surface area contributed by atoms with E-state index in [9.17, 15) is 35.9 Å². The van der Waals surface area contributed by atoms with E-state index in [0.29, 0.717) is 18.6 Å². The van der Waals surface area contributed by atoms with Crippen LogP contribution in [0.3, 0.4) is 0 Å². The second kappa shape index (κ2) is 10.4. The van der Waals surface area contributed by atoms with Crippen molar-refractivity contribution in [2.24, 2.45) is 5.92 Å². The quantitative estimate of drug-likeness (QED) is 0.311. The fourth-order valence-corrected chi connectivity index (χ4v) is 4.15. The molecule has 38 heavy (non-hydrogen) atoms. The molecule has 5 nitrogen and oxygen atoms in total. The fourth-order valence-electron chi connectivity index (χ4n) is 4.15. The van der Waals surface area contributed by atoms with Crippen LogP contribution in [0.5, 0.6) is 5.75 Å². The van der Waals surface area contributed by atoms with Gasteiger partial charge in [0.1, 0.15) is 5.75 Å². The summed E-state index contributed by atoms with van der Waals surface area (Å²) in [5, 5.41) is 11.1. The number of ether oxygens (including phenoxy) is 1. The zero-order valence-corrected chi connectivity index (χ0v) is 19.6. The lowest BCUT2D eigenvalue weighted by Crippen LogP contribution is -2.21. The number of amides is 1. The number of halogens is 6. The summed E-state index contributed by atoms with van der Waals surface area (Å²) >= 11 is 0. The van der Waals surface area contributed by atoms with E-state index in [1.54, 1.807) is 12.1 Å². The van der Waals surface area contributed by atoms with Crippen molar-refractivity contribution in [2.45, 2.75) is 31.1 Å². The van der Waals surface area contributed by atoms with Crippen LogP contribution in [-0.4, -0.2) is 23.6 Å². The van der Waals surface area contributed by atoms with Crippen molar-refractivity contribution in [1.29, 1.82) is 0 Å². The highest BCUT2D eigenvalue weighted by Crippen LogP contribution is 2.49. The lowest BCUT2D eigenvalue weighted by molar-refractivity contribution is -0.139. The first-order valence-corrected chi connectivity index (χ1v) is 11.5. The number of carbonyl (C=O) groups excluding carboxylic acids is 1. The van der Waals surface area contributed by atoms with Crippen molar-refractivity contribution in [2.75, 3.05) is 11.9 Å². The van der Waals surface area contributed by atoms with E-state index >= 15 is 0 Å². The number of hydrogen-bond donors (Lipinski definition) is 2. The Morgan fingerprint density at radius 1 is 0.895 bits per heavy atom. The topological polar surface area (TPSA) is 75.6 Å². The van der Waals surface area contributed by atoms with E-state index in [1.807, 2.05) is 23.5 Å². The summed E-state index contributed by atoms with van der Waals surface area (Å²) in [4.78, 5) is 24.0. The number of rotatable bonds is 8. The Morgan fingerprint density at radius 3 is 2.18 bits per heavy atom. The number of anilines is 1. The third-order valence-electron chi connectivity index (χ3n) is 6.18. The maximum Gasteiger partial charge on any atom is 0.418 e. The van der Waals surface area contributed by atoms with Crippen LogP contribution in [0.2, 0.25) is 0 Å². The van der Waals surface area contributed by atoms with E-state index in [2.05, 4.69) is 0 Å². The van der Waals surface area contributed by atoms with Crippen molar-refractivity contribution >= 4 is 17.6 Å². The first kappa shape index (κ1) is 27.0. The van der Waals surface area contributed by atoms with Gasteiger partial charge >= 0.3 is 18.3 Å². The lowest BCUT2D eigenvalue weighted by atomic mass is 10.0. The summed E-state index contributed by atoms with van der Waals surface area (Å²) in [6.07, 6.45) is -9.29. The fraction of sp³-hybridized carbons (Fsp3) is 0.259. The number of carboxylic acid groups (broad SMARTS) is 1. The first-order chi connectivity index (χ1) is 17.8. The average molecular weight is 537 g/mol. The molecule has 2 N–H and O–H groups in total. The molecule has 3 aromatic rings. The van der Waals surface area contributed by atoms with Gasteiger partial charge in [0.25, 0.3) is 5.91 Å². The number of benzene rings is 3. The normalized spacial score (nSPS) is 17.1. The van der Waals surface area contributed by atoms with Crippen LogP contribution in [0, 0.1) is 5.92 Å². The number of alkyl halides is 6. The molecule has 4 rings (SSSR count). The van der Waals surface area contributed by atoms with Gasteiger partial charge in [-0.1, -0.05) is 36.4 Å². The highest BCUT2D eigenvalue weighted by atomic mass is 19.4. The van der Waals surface area contributed by atoms with Crippen LogP contribution >= 0.6 is 0 Å². The summed E-state index contributed by atoms with van der Waals surface area (Å²) in [6.45, 7) is 0.0626. The second-order valence-electron chi connectivity index (χ2n) is 8.83. The Bertz CT molecular complexity index is 1340. The maximum atomic E-state index is 13.8. The molecule has 1 fully saturated rings. The third kappa shape index (κ3) is 6.27. The van der Waals surface area contributed by atoms with Crippen LogP contribution in [0.15, 0.2) is 66.7 Å². The number of hydrogen-bond acceptors (Lipinski definition) is 3. The molecule has 1 amide bonds. The molecule has 1 saturated carbocycles. The van der Waals surface area contributed by atoms with Gasteiger partial charge in [-0.15, -0.1) is 0 Å². The first-order valence-electron chi connectivity index (χ1n) is 11.5. The molecular formula is C27H21F6NO4. The molecule has 0 aromatic heterocycles. The molecule has 0 heterocycles. The molecule has 3 aromatic carbocycles. The van der Waals surface area contributed by atoms with Crippen LogP contribution in [0.25, 0.3) is 0 Å². The molecule has 0 saturated heterocycles. The van der Waals surface area contributed by atoms with Crippen LogP contribution < -0.4 is 10.1 Å². The minimum Gasteiger partial charge on any atom is -0.493 e. The van der Waals surface area contributed by atoms with Gasteiger partial charge in [-0.3, -0.25) is 9.59 Å². The van der Waals surface area contributed by atoms with Crippen molar-refractivity contribution < 1.29 is 45.8 Å². The summed E-state index contributed by atoms with van der Waals surface area (Å²) in [5.74, 6) is -4.00. The minimum atomic E-state index is -5.00. The Balaban J connectivity index is 1.58. The average Bonchev–Trinajstić information content (AvgIpc) is 3.65. The van der Waals surface area contributed by atoms with Gasteiger partial charge in [-0.25, -0.2) is 0 Å². The summed E-state index contributed by atoms with van der Waals surface area (Å²) in [6, 6.07) is 14.4. The van der Waals surface area contributed by atoms with E-state index < -0.39 is 58.4 Å². The van der Waals surface area contributed by atoms with Gasteiger partial charge in [0.15, 0.2) is 0 Å². The van der Waals surface area contributed by atoms with Crippen LogP contribution in [-0.2, 0) is 23.6 Å². The molecule has 0 unspecified atom stereocenters. The van der Waals surface area contributed by atoms with Gasteiger partial charge in [0, 0.05) is 6.42 Å². The molecule has 11 heteroatoms. The van der Waals surface area contributed by atoms with Crippen LogP contribution in [0.4, 0.5) is 32.0 Å². The second-order valence-corrected chi connectivity index (χ2v) is 8.83.